The minimum Gasteiger partial charge on any atom is -0.456 e. The predicted molar refractivity (Wildman–Crippen MR) is 120 cm³/mol. The minimum absolute atomic E-state index is 0.0526. The molecular weight excluding hydrogens is 428 g/mol. The molecule has 1 atom stereocenters. The lowest BCUT2D eigenvalue weighted by atomic mass is 9.92. The number of halogens is 2. The van der Waals surface area contributed by atoms with E-state index in [1.54, 1.807) is 11.1 Å². The van der Waals surface area contributed by atoms with Gasteiger partial charge in [0.25, 0.3) is 0 Å². The van der Waals surface area contributed by atoms with Gasteiger partial charge in [0, 0.05) is 47.1 Å². The Bertz CT molecular complexity index is 1190. The highest BCUT2D eigenvalue weighted by Gasteiger charge is 2.32. The van der Waals surface area contributed by atoms with Crippen molar-refractivity contribution in [2.75, 3.05) is 12.0 Å². The van der Waals surface area contributed by atoms with Crippen molar-refractivity contribution in [2.45, 2.75) is 51.1 Å². The van der Waals surface area contributed by atoms with Crippen LogP contribution in [0, 0.1) is 11.6 Å². The second-order valence-corrected chi connectivity index (χ2v) is 8.67. The highest BCUT2D eigenvalue weighted by Crippen LogP contribution is 2.45. The maximum atomic E-state index is 13.9. The number of hydrogen-bond acceptors (Lipinski definition) is 4. The largest absolute Gasteiger partial charge is 0.456 e. The third kappa shape index (κ3) is 3.94. The summed E-state index contributed by atoms with van der Waals surface area (Å²) < 4.78 is 40.9. The van der Waals surface area contributed by atoms with Crippen LogP contribution >= 0.6 is 0 Å². The number of benzene rings is 2. The number of hydrogen-bond donors (Lipinski definition) is 0. The zero-order valence-corrected chi connectivity index (χ0v) is 18.6. The molecule has 33 heavy (non-hydrogen) atoms. The molecule has 3 aromatic rings. The van der Waals surface area contributed by atoms with Crippen LogP contribution < -0.4 is 9.64 Å². The molecule has 1 saturated carbocycles. The molecule has 1 aliphatic carbocycles. The Hall–Kier alpha value is -3.42. The average Bonchev–Trinajstić information content (AvgIpc) is 3.20. The van der Waals surface area contributed by atoms with Gasteiger partial charge in [-0.05, 0) is 51.2 Å². The first-order valence-corrected chi connectivity index (χ1v) is 11.2. The van der Waals surface area contributed by atoms with E-state index in [4.69, 9.17) is 9.47 Å². The lowest BCUT2D eigenvalue weighted by molar-refractivity contribution is 0.175. The van der Waals surface area contributed by atoms with Crippen molar-refractivity contribution in [1.29, 1.82) is 0 Å². The van der Waals surface area contributed by atoms with Crippen LogP contribution in [-0.4, -0.2) is 29.0 Å². The molecule has 0 radical (unpaired) electrons. The van der Waals surface area contributed by atoms with Gasteiger partial charge in [0.1, 0.15) is 23.1 Å². The maximum Gasteiger partial charge on any atom is 0.414 e. The molecule has 2 aliphatic rings. The Labute approximate surface area is 190 Å². The maximum absolute atomic E-state index is 13.9. The fourth-order valence-electron chi connectivity index (χ4n) is 4.56. The first-order chi connectivity index (χ1) is 15.9. The smallest absolute Gasteiger partial charge is 0.414 e. The zero-order valence-electron chi connectivity index (χ0n) is 18.6. The van der Waals surface area contributed by atoms with E-state index in [2.05, 4.69) is 5.10 Å². The van der Waals surface area contributed by atoms with Crippen LogP contribution in [0.2, 0.25) is 0 Å². The molecule has 1 aliphatic heterocycles. The van der Waals surface area contributed by atoms with Crippen LogP contribution in [0.5, 0.6) is 11.5 Å². The number of nitrogens with zero attached hydrogens (tertiary/aromatic N) is 3. The standard InChI is InChI=1S/C25H25F2N3O3/c1-15-6-7-22-23(30(15)25(31)32-2)9-8-21(16-13-28-29(14-16)19-4-3-5-19)24(22)33-20-11-17(26)10-18(27)12-20/h8-15,19H,3-7H2,1-2H3/t15-/m0/s1. The molecule has 5 rings (SSSR count). The fraction of sp³-hybridized carbons (Fsp3) is 0.360. The van der Waals surface area contributed by atoms with E-state index >= 15 is 0 Å². The third-order valence-corrected chi connectivity index (χ3v) is 6.54. The van der Waals surface area contributed by atoms with Crippen molar-refractivity contribution < 1.29 is 23.0 Å². The van der Waals surface area contributed by atoms with Gasteiger partial charge in [0.05, 0.1) is 25.0 Å². The monoisotopic (exact) mass is 453 g/mol. The van der Waals surface area contributed by atoms with Gasteiger partial charge in [0.2, 0.25) is 0 Å². The highest BCUT2D eigenvalue weighted by atomic mass is 19.1. The summed E-state index contributed by atoms with van der Waals surface area (Å²) in [5, 5.41) is 4.53. The third-order valence-electron chi connectivity index (χ3n) is 6.54. The van der Waals surface area contributed by atoms with Gasteiger partial charge in [-0.15, -0.1) is 0 Å². The number of rotatable bonds is 4. The molecule has 172 valence electrons. The molecule has 6 nitrogen and oxygen atoms in total. The first kappa shape index (κ1) is 21.4. The van der Waals surface area contributed by atoms with E-state index in [0.29, 0.717) is 30.3 Å². The summed E-state index contributed by atoms with van der Waals surface area (Å²) in [4.78, 5) is 14.1. The van der Waals surface area contributed by atoms with Crippen molar-refractivity contribution in [3.8, 4) is 22.6 Å². The summed E-state index contributed by atoms with van der Waals surface area (Å²) in [6, 6.07) is 7.17. The summed E-state index contributed by atoms with van der Waals surface area (Å²) >= 11 is 0. The van der Waals surface area contributed by atoms with Crippen LogP contribution in [0.25, 0.3) is 11.1 Å². The Morgan fingerprint density at radius 1 is 1.12 bits per heavy atom. The number of carbonyl (C=O) groups is 1. The van der Waals surface area contributed by atoms with Crippen molar-refractivity contribution in [3.63, 3.8) is 0 Å². The summed E-state index contributed by atoms with van der Waals surface area (Å²) in [7, 11) is 1.35. The van der Waals surface area contributed by atoms with E-state index < -0.39 is 17.7 Å². The van der Waals surface area contributed by atoms with Gasteiger partial charge in [-0.3, -0.25) is 9.58 Å². The molecule has 1 amide bonds. The van der Waals surface area contributed by atoms with E-state index in [-0.39, 0.29) is 11.8 Å². The van der Waals surface area contributed by atoms with Gasteiger partial charge in [-0.2, -0.15) is 5.10 Å². The van der Waals surface area contributed by atoms with Gasteiger partial charge < -0.3 is 9.47 Å². The second kappa shape index (κ2) is 8.50. The minimum atomic E-state index is -0.723. The summed E-state index contributed by atoms with van der Waals surface area (Å²) in [6.07, 6.45) is 8.03. The molecule has 0 unspecified atom stereocenters. The number of fused-ring (bicyclic) bond motifs is 1. The number of amides is 1. The Balaban J connectivity index is 1.64. The lowest BCUT2D eigenvalue weighted by Crippen LogP contribution is -2.42. The van der Waals surface area contributed by atoms with Crippen LogP contribution in [0.3, 0.4) is 0 Å². The molecule has 0 N–H and O–H groups in total. The average molecular weight is 453 g/mol. The van der Waals surface area contributed by atoms with Crippen LogP contribution in [0.1, 0.15) is 44.2 Å². The number of ether oxygens (including phenoxy) is 2. The van der Waals surface area contributed by atoms with Crippen molar-refractivity contribution >= 4 is 11.8 Å². The Morgan fingerprint density at radius 2 is 1.88 bits per heavy atom. The zero-order chi connectivity index (χ0) is 23.1. The summed E-state index contributed by atoms with van der Waals surface area (Å²) in [6.45, 7) is 1.96. The lowest BCUT2D eigenvalue weighted by Gasteiger charge is -2.35. The normalized spacial score (nSPS) is 17.9. The molecule has 0 saturated heterocycles. The van der Waals surface area contributed by atoms with E-state index in [1.807, 2.05) is 29.9 Å². The van der Waals surface area contributed by atoms with Gasteiger partial charge >= 0.3 is 6.09 Å². The molecule has 2 aromatic carbocycles. The Kier molecular flexibility index (Phi) is 5.52. The van der Waals surface area contributed by atoms with E-state index in [1.165, 1.54) is 13.5 Å². The predicted octanol–water partition coefficient (Wildman–Crippen LogP) is 6.25. The number of methoxy groups -OCH3 is 1. The van der Waals surface area contributed by atoms with Crippen molar-refractivity contribution in [1.82, 2.24) is 9.78 Å². The Morgan fingerprint density at radius 3 is 2.55 bits per heavy atom. The SMILES string of the molecule is COC(=O)N1c2ccc(-c3cnn(C4CCC4)c3)c(Oc3cc(F)cc(F)c3)c2CC[C@@H]1C. The molecule has 8 heteroatoms. The van der Waals surface area contributed by atoms with Crippen LogP contribution in [0.15, 0.2) is 42.7 Å². The highest BCUT2D eigenvalue weighted by molar-refractivity contribution is 5.92. The van der Waals surface area contributed by atoms with E-state index in [9.17, 15) is 13.6 Å². The molecular formula is C25H25F2N3O3. The quantitative estimate of drug-likeness (QED) is 0.468. The number of aromatic nitrogens is 2. The van der Waals surface area contributed by atoms with E-state index in [0.717, 1.165) is 47.7 Å². The molecule has 0 spiro atoms. The number of anilines is 1. The molecule has 1 aromatic heterocycles. The number of carbonyl (C=O) groups excluding carboxylic acids is 1. The molecule has 2 heterocycles. The molecule has 0 bridgehead atoms. The van der Waals surface area contributed by atoms with Crippen molar-refractivity contribution in [2.24, 2.45) is 0 Å². The van der Waals surface area contributed by atoms with Gasteiger partial charge in [0.15, 0.2) is 0 Å². The second-order valence-electron chi connectivity index (χ2n) is 8.67. The molecule has 1 fully saturated rings. The first-order valence-electron chi connectivity index (χ1n) is 11.2. The van der Waals surface area contributed by atoms with Gasteiger partial charge in [-0.1, -0.05) is 0 Å². The summed E-state index contributed by atoms with van der Waals surface area (Å²) in [5.41, 5.74) is 3.06. The summed E-state index contributed by atoms with van der Waals surface area (Å²) in [5.74, 6) is -0.929. The fourth-order valence-corrected chi connectivity index (χ4v) is 4.56. The topological polar surface area (TPSA) is 56.6 Å². The van der Waals surface area contributed by atoms with Crippen LogP contribution in [0.4, 0.5) is 19.3 Å². The van der Waals surface area contributed by atoms with Crippen LogP contribution in [-0.2, 0) is 11.2 Å². The van der Waals surface area contributed by atoms with Gasteiger partial charge in [-0.25, -0.2) is 13.6 Å². The van der Waals surface area contributed by atoms with Crippen molar-refractivity contribution in [3.05, 3.63) is 59.9 Å².